The molecule has 0 spiro atoms. The molecule has 19 heavy (non-hydrogen) atoms. The third-order valence-corrected chi connectivity index (χ3v) is 4.51. The van der Waals surface area contributed by atoms with Gasteiger partial charge in [-0.15, -0.1) is 0 Å². The van der Waals surface area contributed by atoms with Crippen LogP contribution in [0.1, 0.15) is 39.0 Å². The minimum Gasteiger partial charge on any atom is -0.480 e. The van der Waals surface area contributed by atoms with Gasteiger partial charge in [-0.25, -0.2) is 0 Å². The van der Waals surface area contributed by atoms with E-state index in [1.807, 2.05) is 9.80 Å². The Balaban J connectivity index is 1.76. The van der Waals surface area contributed by atoms with Crippen LogP contribution in [0.2, 0.25) is 0 Å². The van der Waals surface area contributed by atoms with Crippen LogP contribution in [0.3, 0.4) is 0 Å². The van der Waals surface area contributed by atoms with Crippen molar-refractivity contribution < 1.29 is 14.7 Å². The van der Waals surface area contributed by atoms with Crippen molar-refractivity contribution in [2.24, 2.45) is 5.92 Å². The van der Waals surface area contributed by atoms with E-state index in [1.54, 1.807) is 6.92 Å². The fourth-order valence-corrected chi connectivity index (χ4v) is 3.11. The molecular formula is C14H24N2O3. The molecule has 1 aliphatic carbocycles. The maximum absolute atomic E-state index is 12.2. The van der Waals surface area contributed by atoms with E-state index < -0.39 is 12.0 Å². The van der Waals surface area contributed by atoms with Crippen molar-refractivity contribution in [2.75, 3.05) is 26.2 Å². The van der Waals surface area contributed by atoms with E-state index in [1.165, 1.54) is 25.7 Å². The molecule has 2 fully saturated rings. The number of hydrogen-bond donors (Lipinski definition) is 1. The summed E-state index contributed by atoms with van der Waals surface area (Å²) in [5, 5.41) is 8.98. The number of carbonyl (C=O) groups is 2. The number of carboxylic acids is 1. The van der Waals surface area contributed by atoms with E-state index in [0.29, 0.717) is 38.5 Å². The zero-order valence-electron chi connectivity index (χ0n) is 11.7. The molecule has 1 amide bonds. The number of piperazine rings is 1. The van der Waals surface area contributed by atoms with Crippen LogP contribution in [-0.2, 0) is 9.59 Å². The second-order valence-corrected chi connectivity index (χ2v) is 5.79. The first-order valence-electron chi connectivity index (χ1n) is 7.32. The fourth-order valence-electron chi connectivity index (χ4n) is 3.11. The fraction of sp³-hybridized carbons (Fsp3) is 0.857. The molecule has 5 nitrogen and oxygen atoms in total. The quantitative estimate of drug-likeness (QED) is 0.832. The Morgan fingerprint density at radius 2 is 1.74 bits per heavy atom. The van der Waals surface area contributed by atoms with Crippen LogP contribution in [0.15, 0.2) is 0 Å². The maximum Gasteiger partial charge on any atom is 0.320 e. The summed E-state index contributed by atoms with van der Waals surface area (Å²) in [4.78, 5) is 26.9. The average molecular weight is 268 g/mol. The van der Waals surface area contributed by atoms with Crippen molar-refractivity contribution in [3.8, 4) is 0 Å². The molecule has 1 unspecified atom stereocenters. The lowest BCUT2D eigenvalue weighted by molar-refractivity contribution is -0.144. The van der Waals surface area contributed by atoms with Crippen LogP contribution in [0, 0.1) is 5.92 Å². The van der Waals surface area contributed by atoms with E-state index >= 15 is 0 Å². The molecule has 1 saturated carbocycles. The molecule has 5 heteroatoms. The normalized spacial score (nSPS) is 23.5. The standard InChI is InChI=1S/C14H24N2O3/c1-11(14(18)19)15-6-8-16(9-7-15)13(17)10-12-4-2-3-5-12/h11-12H,2-10H2,1H3,(H,18,19). The predicted octanol–water partition coefficient (Wildman–Crippen LogP) is 1.18. The summed E-state index contributed by atoms with van der Waals surface area (Å²) in [6.45, 7) is 4.39. The molecule has 0 radical (unpaired) electrons. The second kappa shape index (κ2) is 6.37. The van der Waals surface area contributed by atoms with Crippen LogP contribution in [0.25, 0.3) is 0 Å². The summed E-state index contributed by atoms with van der Waals surface area (Å²) in [5.74, 6) is 0.0590. The van der Waals surface area contributed by atoms with Crippen LogP contribution in [0.4, 0.5) is 0 Å². The second-order valence-electron chi connectivity index (χ2n) is 5.79. The predicted molar refractivity (Wildman–Crippen MR) is 71.8 cm³/mol. The van der Waals surface area contributed by atoms with Gasteiger partial charge in [0.25, 0.3) is 0 Å². The SMILES string of the molecule is CC(C(=O)O)N1CCN(C(=O)CC2CCCC2)CC1. The van der Waals surface area contributed by atoms with Crippen molar-refractivity contribution >= 4 is 11.9 Å². The summed E-state index contributed by atoms with van der Waals surface area (Å²) >= 11 is 0. The first-order valence-corrected chi connectivity index (χ1v) is 7.32. The molecule has 2 aliphatic rings. The van der Waals surface area contributed by atoms with Gasteiger partial charge in [0, 0.05) is 32.6 Å². The van der Waals surface area contributed by atoms with Gasteiger partial charge in [-0.1, -0.05) is 12.8 Å². The molecule has 1 N–H and O–H groups in total. The minimum atomic E-state index is -0.786. The molecule has 0 aromatic rings. The number of amides is 1. The third-order valence-electron chi connectivity index (χ3n) is 4.51. The highest BCUT2D eigenvalue weighted by Gasteiger charge is 2.28. The zero-order valence-corrected chi connectivity index (χ0v) is 11.7. The zero-order chi connectivity index (χ0) is 13.8. The van der Waals surface area contributed by atoms with Crippen molar-refractivity contribution in [3.63, 3.8) is 0 Å². The first-order chi connectivity index (χ1) is 9.08. The van der Waals surface area contributed by atoms with Gasteiger partial charge < -0.3 is 10.0 Å². The van der Waals surface area contributed by atoms with E-state index in [4.69, 9.17) is 5.11 Å². The van der Waals surface area contributed by atoms with E-state index in [9.17, 15) is 9.59 Å². The monoisotopic (exact) mass is 268 g/mol. The molecule has 0 aromatic carbocycles. The van der Waals surface area contributed by atoms with Crippen molar-refractivity contribution in [3.05, 3.63) is 0 Å². The van der Waals surface area contributed by atoms with Gasteiger partial charge in [0.1, 0.15) is 6.04 Å². The lowest BCUT2D eigenvalue weighted by atomic mass is 10.0. The molecule has 1 atom stereocenters. The third kappa shape index (κ3) is 3.69. The summed E-state index contributed by atoms with van der Waals surface area (Å²) in [7, 11) is 0. The van der Waals surface area contributed by atoms with E-state index in [-0.39, 0.29) is 5.91 Å². The van der Waals surface area contributed by atoms with Gasteiger partial charge >= 0.3 is 5.97 Å². The molecular weight excluding hydrogens is 244 g/mol. The number of carboxylic acid groups (broad SMARTS) is 1. The first kappa shape index (κ1) is 14.3. The highest BCUT2D eigenvalue weighted by atomic mass is 16.4. The highest BCUT2D eigenvalue weighted by molar-refractivity contribution is 5.76. The highest BCUT2D eigenvalue weighted by Crippen LogP contribution is 2.28. The summed E-state index contributed by atoms with van der Waals surface area (Å²) in [6.07, 6.45) is 5.61. The molecule has 0 bridgehead atoms. The Labute approximate surface area is 114 Å². The molecule has 0 aromatic heterocycles. The maximum atomic E-state index is 12.2. The lowest BCUT2D eigenvalue weighted by Crippen LogP contribution is -2.53. The van der Waals surface area contributed by atoms with Crippen molar-refractivity contribution in [1.29, 1.82) is 0 Å². The molecule has 1 aliphatic heterocycles. The van der Waals surface area contributed by atoms with E-state index in [0.717, 1.165) is 0 Å². The summed E-state index contributed by atoms with van der Waals surface area (Å²) in [6, 6.07) is -0.452. The Kier molecular flexibility index (Phi) is 4.80. The van der Waals surface area contributed by atoms with Crippen LogP contribution < -0.4 is 0 Å². The summed E-state index contributed by atoms with van der Waals surface area (Å²) < 4.78 is 0. The number of rotatable bonds is 4. The topological polar surface area (TPSA) is 60.9 Å². The average Bonchev–Trinajstić information content (AvgIpc) is 2.90. The van der Waals surface area contributed by atoms with Crippen LogP contribution in [0.5, 0.6) is 0 Å². The van der Waals surface area contributed by atoms with E-state index in [2.05, 4.69) is 0 Å². The summed E-state index contributed by atoms with van der Waals surface area (Å²) in [5.41, 5.74) is 0. The largest absolute Gasteiger partial charge is 0.480 e. The molecule has 2 rings (SSSR count). The van der Waals surface area contributed by atoms with Gasteiger partial charge in [0.2, 0.25) is 5.91 Å². The van der Waals surface area contributed by atoms with Crippen LogP contribution >= 0.6 is 0 Å². The van der Waals surface area contributed by atoms with Crippen molar-refractivity contribution in [1.82, 2.24) is 9.80 Å². The minimum absolute atomic E-state index is 0.259. The molecule has 1 saturated heterocycles. The van der Waals surface area contributed by atoms with Gasteiger partial charge in [-0.2, -0.15) is 0 Å². The van der Waals surface area contributed by atoms with Gasteiger partial charge in [0.05, 0.1) is 0 Å². The Morgan fingerprint density at radius 3 is 2.26 bits per heavy atom. The van der Waals surface area contributed by atoms with Gasteiger partial charge in [0.15, 0.2) is 0 Å². The lowest BCUT2D eigenvalue weighted by Gasteiger charge is -2.37. The number of aliphatic carboxylic acids is 1. The Hall–Kier alpha value is -1.10. The van der Waals surface area contributed by atoms with Gasteiger partial charge in [-0.05, 0) is 25.7 Å². The molecule has 108 valence electrons. The number of carbonyl (C=O) groups excluding carboxylic acids is 1. The Morgan fingerprint density at radius 1 is 1.16 bits per heavy atom. The molecule has 1 heterocycles. The van der Waals surface area contributed by atoms with Crippen LogP contribution in [-0.4, -0.2) is 59.0 Å². The smallest absolute Gasteiger partial charge is 0.320 e. The number of nitrogens with zero attached hydrogens (tertiary/aromatic N) is 2. The van der Waals surface area contributed by atoms with Gasteiger partial charge in [-0.3, -0.25) is 14.5 Å². The Bertz CT molecular complexity index is 332. The number of hydrogen-bond acceptors (Lipinski definition) is 3. The van der Waals surface area contributed by atoms with Crippen molar-refractivity contribution in [2.45, 2.75) is 45.1 Å².